The molecule has 0 aromatic heterocycles. The third-order valence-electron chi connectivity index (χ3n) is 2.80. The number of hydrogen-bond acceptors (Lipinski definition) is 3. The first-order chi connectivity index (χ1) is 6.87. The number of hydrogen-bond donors (Lipinski definition) is 3. The maximum Gasteiger partial charge on any atom is 0.220 e. The summed E-state index contributed by atoms with van der Waals surface area (Å²) in [5.74, 6) is 0.532. The summed E-state index contributed by atoms with van der Waals surface area (Å²) < 4.78 is 0. The minimum absolute atomic E-state index is 0.0647. The number of aliphatic hydroxyl groups is 1. The van der Waals surface area contributed by atoms with Gasteiger partial charge in [0.2, 0.25) is 5.91 Å². The lowest BCUT2D eigenvalue weighted by atomic mass is 9.82. The second-order valence-electron chi connectivity index (χ2n) is 5.28. The standard InChI is InChI=1S/C11H22N2O2/c1-11(2,12)4-3-10(15)13-7-8-5-9(14)6-8/h8-9,14H,3-7,12H2,1-2H3,(H,13,15). The van der Waals surface area contributed by atoms with Crippen molar-refractivity contribution in [1.82, 2.24) is 5.32 Å². The van der Waals surface area contributed by atoms with Gasteiger partial charge in [0.05, 0.1) is 6.10 Å². The van der Waals surface area contributed by atoms with E-state index in [1.54, 1.807) is 0 Å². The van der Waals surface area contributed by atoms with Crippen LogP contribution in [0.4, 0.5) is 0 Å². The molecule has 0 aromatic rings. The SMILES string of the molecule is CC(C)(N)CCC(=O)NCC1CC(O)C1. The Hall–Kier alpha value is -0.610. The summed E-state index contributed by atoms with van der Waals surface area (Å²) in [6, 6.07) is 0. The van der Waals surface area contributed by atoms with Crippen LogP contribution in [-0.2, 0) is 4.79 Å². The molecule has 1 rings (SSSR count). The van der Waals surface area contributed by atoms with Crippen LogP contribution < -0.4 is 11.1 Å². The zero-order chi connectivity index (χ0) is 11.5. The average molecular weight is 214 g/mol. The molecule has 0 aliphatic heterocycles. The lowest BCUT2D eigenvalue weighted by molar-refractivity contribution is -0.122. The minimum Gasteiger partial charge on any atom is -0.393 e. The van der Waals surface area contributed by atoms with Crippen molar-refractivity contribution < 1.29 is 9.90 Å². The van der Waals surface area contributed by atoms with Gasteiger partial charge in [-0.25, -0.2) is 0 Å². The van der Waals surface area contributed by atoms with Gasteiger partial charge < -0.3 is 16.2 Å². The molecule has 1 aliphatic carbocycles. The molecule has 1 amide bonds. The Balaban J connectivity index is 2.04. The van der Waals surface area contributed by atoms with Crippen LogP contribution in [0.15, 0.2) is 0 Å². The average Bonchev–Trinajstić information content (AvgIpc) is 2.06. The normalized spacial score (nSPS) is 25.9. The van der Waals surface area contributed by atoms with E-state index < -0.39 is 0 Å². The van der Waals surface area contributed by atoms with Crippen LogP contribution in [-0.4, -0.2) is 29.2 Å². The summed E-state index contributed by atoms with van der Waals surface area (Å²) in [6.07, 6.45) is 2.69. The highest BCUT2D eigenvalue weighted by Crippen LogP contribution is 2.26. The molecule has 4 N–H and O–H groups in total. The molecule has 0 bridgehead atoms. The first-order valence-electron chi connectivity index (χ1n) is 5.60. The molecule has 15 heavy (non-hydrogen) atoms. The van der Waals surface area contributed by atoms with E-state index in [0.717, 1.165) is 12.8 Å². The molecule has 0 radical (unpaired) electrons. The molecule has 4 heteroatoms. The summed E-state index contributed by atoms with van der Waals surface area (Å²) in [7, 11) is 0. The third-order valence-corrected chi connectivity index (χ3v) is 2.80. The summed E-state index contributed by atoms with van der Waals surface area (Å²) in [6.45, 7) is 4.53. The van der Waals surface area contributed by atoms with Gasteiger partial charge in [-0.1, -0.05) is 0 Å². The molecule has 0 aromatic carbocycles. The van der Waals surface area contributed by atoms with Gasteiger partial charge in [-0.2, -0.15) is 0 Å². The summed E-state index contributed by atoms with van der Waals surface area (Å²) in [5.41, 5.74) is 5.51. The van der Waals surface area contributed by atoms with Crippen LogP contribution in [0.25, 0.3) is 0 Å². The second-order valence-corrected chi connectivity index (χ2v) is 5.28. The fraction of sp³-hybridized carbons (Fsp3) is 0.909. The van der Waals surface area contributed by atoms with Crippen molar-refractivity contribution in [3.8, 4) is 0 Å². The Labute approximate surface area is 91.2 Å². The van der Waals surface area contributed by atoms with E-state index in [-0.39, 0.29) is 17.6 Å². The largest absolute Gasteiger partial charge is 0.393 e. The van der Waals surface area contributed by atoms with Crippen molar-refractivity contribution in [3.05, 3.63) is 0 Å². The molecule has 0 spiro atoms. The van der Waals surface area contributed by atoms with Crippen molar-refractivity contribution in [1.29, 1.82) is 0 Å². The van der Waals surface area contributed by atoms with E-state index in [4.69, 9.17) is 10.8 Å². The number of rotatable bonds is 5. The summed E-state index contributed by atoms with van der Waals surface area (Å²) in [5, 5.41) is 11.9. The number of amides is 1. The zero-order valence-corrected chi connectivity index (χ0v) is 9.62. The highest BCUT2D eigenvalue weighted by atomic mass is 16.3. The van der Waals surface area contributed by atoms with Gasteiger partial charge in [0.15, 0.2) is 0 Å². The van der Waals surface area contributed by atoms with Crippen LogP contribution in [0.1, 0.15) is 39.5 Å². The van der Waals surface area contributed by atoms with Crippen molar-refractivity contribution in [3.63, 3.8) is 0 Å². The van der Waals surface area contributed by atoms with Gasteiger partial charge in [-0.3, -0.25) is 4.79 Å². The van der Waals surface area contributed by atoms with E-state index in [0.29, 0.717) is 25.3 Å². The van der Waals surface area contributed by atoms with Gasteiger partial charge in [-0.05, 0) is 39.0 Å². The maximum absolute atomic E-state index is 11.4. The summed E-state index contributed by atoms with van der Waals surface area (Å²) >= 11 is 0. The Morgan fingerprint density at radius 3 is 2.60 bits per heavy atom. The van der Waals surface area contributed by atoms with Crippen LogP contribution in [0, 0.1) is 5.92 Å². The highest BCUT2D eigenvalue weighted by molar-refractivity contribution is 5.75. The number of carbonyl (C=O) groups excluding carboxylic acids is 1. The monoisotopic (exact) mass is 214 g/mol. The molecule has 1 saturated carbocycles. The predicted molar refractivity (Wildman–Crippen MR) is 59.2 cm³/mol. The van der Waals surface area contributed by atoms with E-state index in [1.165, 1.54) is 0 Å². The number of nitrogens with two attached hydrogens (primary N) is 1. The van der Waals surface area contributed by atoms with Crippen molar-refractivity contribution in [2.75, 3.05) is 6.54 Å². The van der Waals surface area contributed by atoms with E-state index in [1.807, 2.05) is 13.8 Å². The topological polar surface area (TPSA) is 75.4 Å². The van der Waals surface area contributed by atoms with Crippen LogP contribution in [0.2, 0.25) is 0 Å². The van der Waals surface area contributed by atoms with Gasteiger partial charge in [0.25, 0.3) is 0 Å². The van der Waals surface area contributed by atoms with Crippen molar-refractivity contribution in [2.24, 2.45) is 11.7 Å². The fourth-order valence-electron chi connectivity index (χ4n) is 1.65. The molecule has 1 fully saturated rings. The quantitative estimate of drug-likeness (QED) is 0.619. The zero-order valence-electron chi connectivity index (χ0n) is 9.62. The molecule has 1 aliphatic rings. The Morgan fingerprint density at radius 2 is 2.13 bits per heavy atom. The van der Waals surface area contributed by atoms with Gasteiger partial charge in [0, 0.05) is 18.5 Å². The number of nitrogens with one attached hydrogen (secondary N) is 1. The molecule has 4 nitrogen and oxygen atoms in total. The molecule has 0 unspecified atom stereocenters. The number of carbonyl (C=O) groups is 1. The van der Waals surface area contributed by atoms with Crippen molar-refractivity contribution in [2.45, 2.75) is 51.2 Å². The Kier molecular flexibility index (Phi) is 4.11. The van der Waals surface area contributed by atoms with Gasteiger partial charge >= 0.3 is 0 Å². The van der Waals surface area contributed by atoms with Gasteiger partial charge in [0.1, 0.15) is 0 Å². The Bertz CT molecular complexity index is 217. The molecule has 0 atom stereocenters. The number of aliphatic hydroxyl groups excluding tert-OH is 1. The first-order valence-corrected chi connectivity index (χ1v) is 5.60. The van der Waals surface area contributed by atoms with E-state index in [9.17, 15) is 4.79 Å². The smallest absolute Gasteiger partial charge is 0.220 e. The maximum atomic E-state index is 11.4. The molecule has 88 valence electrons. The van der Waals surface area contributed by atoms with Crippen LogP contribution in [0.5, 0.6) is 0 Å². The minimum atomic E-state index is -0.274. The van der Waals surface area contributed by atoms with Gasteiger partial charge in [-0.15, -0.1) is 0 Å². The third kappa shape index (κ3) is 5.14. The molecular formula is C11H22N2O2. The fourth-order valence-corrected chi connectivity index (χ4v) is 1.65. The molecule has 0 saturated heterocycles. The van der Waals surface area contributed by atoms with Crippen LogP contribution >= 0.6 is 0 Å². The van der Waals surface area contributed by atoms with E-state index in [2.05, 4.69) is 5.32 Å². The van der Waals surface area contributed by atoms with E-state index >= 15 is 0 Å². The summed E-state index contributed by atoms with van der Waals surface area (Å²) in [4.78, 5) is 11.4. The molecule has 0 heterocycles. The lowest BCUT2D eigenvalue weighted by Crippen LogP contribution is -2.39. The second kappa shape index (κ2) is 4.94. The highest BCUT2D eigenvalue weighted by Gasteiger charge is 2.27. The first kappa shape index (κ1) is 12.5. The molecular weight excluding hydrogens is 192 g/mol. The lowest BCUT2D eigenvalue weighted by Gasteiger charge is -2.31. The van der Waals surface area contributed by atoms with Crippen LogP contribution in [0.3, 0.4) is 0 Å². The predicted octanol–water partition coefficient (Wildman–Crippen LogP) is 0.391. The Morgan fingerprint density at radius 1 is 1.53 bits per heavy atom. The van der Waals surface area contributed by atoms with Crippen molar-refractivity contribution >= 4 is 5.91 Å².